The number of carbonyl (C=O) groups excluding carboxylic acids is 1. The van der Waals surface area contributed by atoms with Crippen molar-refractivity contribution in [3.63, 3.8) is 0 Å². The van der Waals surface area contributed by atoms with Crippen molar-refractivity contribution in [1.29, 1.82) is 0 Å². The van der Waals surface area contributed by atoms with Crippen LogP contribution in [0.2, 0.25) is 0 Å². The summed E-state index contributed by atoms with van der Waals surface area (Å²) in [6.07, 6.45) is 2.36. The molecule has 156 valence electrons. The van der Waals surface area contributed by atoms with Gasteiger partial charge in [0.05, 0.1) is 11.7 Å². The van der Waals surface area contributed by atoms with E-state index in [1.165, 1.54) is 18.2 Å². The number of hydrogen-bond acceptors (Lipinski definition) is 5. The standard InChI is InChI=1S/C22H23FN4O3/c1-12(2)21-24-16(10-20(28)26-21)9-17(13-5-7-15(23)8-6-13)25-22(29)18-11-19(30-27-18)14-3-4-14/h5-8,10-12,14,17H,3-4,9H2,1-2H3,(H,25,29)(H,24,26,28). The average molecular weight is 410 g/mol. The summed E-state index contributed by atoms with van der Waals surface area (Å²) in [5.74, 6) is 0.928. The molecule has 0 radical (unpaired) electrons. The van der Waals surface area contributed by atoms with E-state index in [0.717, 1.165) is 18.6 Å². The highest BCUT2D eigenvalue weighted by molar-refractivity contribution is 5.92. The van der Waals surface area contributed by atoms with Crippen LogP contribution in [-0.2, 0) is 6.42 Å². The van der Waals surface area contributed by atoms with Crippen LogP contribution in [-0.4, -0.2) is 21.0 Å². The molecule has 1 aliphatic rings. The van der Waals surface area contributed by atoms with Gasteiger partial charge in [0.2, 0.25) is 0 Å². The maximum Gasteiger partial charge on any atom is 0.273 e. The lowest BCUT2D eigenvalue weighted by Crippen LogP contribution is -2.31. The molecule has 0 aliphatic heterocycles. The molecular formula is C22H23FN4O3. The monoisotopic (exact) mass is 410 g/mol. The first-order valence-corrected chi connectivity index (χ1v) is 10.0. The Morgan fingerprint density at radius 1 is 1.27 bits per heavy atom. The van der Waals surface area contributed by atoms with Crippen molar-refractivity contribution in [2.24, 2.45) is 0 Å². The lowest BCUT2D eigenvalue weighted by Gasteiger charge is -2.19. The lowest BCUT2D eigenvalue weighted by atomic mass is 10.0. The third-order valence-corrected chi connectivity index (χ3v) is 5.09. The fourth-order valence-electron chi connectivity index (χ4n) is 3.25. The minimum absolute atomic E-state index is 0.0486. The van der Waals surface area contributed by atoms with Gasteiger partial charge in [-0.25, -0.2) is 9.37 Å². The Balaban J connectivity index is 1.60. The fourth-order valence-corrected chi connectivity index (χ4v) is 3.25. The molecule has 2 heterocycles. The van der Waals surface area contributed by atoms with Crippen molar-refractivity contribution < 1.29 is 13.7 Å². The number of carbonyl (C=O) groups is 1. The van der Waals surface area contributed by atoms with Gasteiger partial charge < -0.3 is 14.8 Å². The van der Waals surface area contributed by atoms with E-state index < -0.39 is 11.9 Å². The second kappa shape index (κ2) is 8.22. The van der Waals surface area contributed by atoms with Gasteiger partial charge in [0.1, 0.15) is 17.4 Å². The van der Waals surface area contributed by atoms with Gasteiger partial charge in [-0.15, -0.1) is 0 Å². The summed E-state index contributed by atoms with van der Waals surface area (Å²) >= 11 is 0. The first-order chi connectivity index (χ1) is 14.4. The zero-order valence-corrected chi connectivity index (χ0v) is 16.8. The van der Waals surface area contributed by atoms with Crippen LogP contribution in [0.5, 0.6) is 0 Å². The maximum absolute atomic E-state index is 13.4. The van der Waals surface area contributed by atoms with Gasteiger partial charge in [0, 0.05) is 30.4 Å². The van der Waals surface area contributed by atoms with Crippen molar-refractivity contribution in [2.45, 2.75) is 51.0 Å². The van der Waals surface area contributed by atoms with Crippen LogP contribution in [0.1, 0.15) is 77.9 Å². The highest BCUT2D eigenvalue weighted by Crippen LogP contribution is 2.40. The quantitative estimate of drug-likeness (QED) is 0.620. The summed E-state index contributed by atoms with van der Waals surface area (Å²) in [4.78, 5) is 32.1. The molecule has 7 nitrogen and oxygen atoms in total. The van der Waals surface area contributed by atoms with Crippen molar-refractivity contribution in [2.75, 3.05) is 0 Å². The summed E-state index contributed by atoms with van der Waals surface area (Å²) < 4.78 is 18.7. The molecule has 0 bridgehead atoms. The van der Waals surface area contributed by atoms with Crippen LogP contribution in [0.3, 0.4) is 0 Å². The van der Waals surface area contributed by atoms with Crippen LogP contribution in [0.4, 0.5) is 4.39 Å². The molecule has 2 N–H and O–H groups in total. The van der Waals surface area contributed by atoms with E-state index in [9.17, 15) is 14.0 Å². The predicted molar refractivity (Wildman–Crippen MR) is 108 cm³/mol. The zero-order chi connectivity index (χ0) is 21.3. The number of nitrogens with one attached hydrogen (secondary N) is 2. The second-order valence-electron chi connectivity index (χ2n) is 7.95. The minimum atomic E-state index is -0.520. The molecule has 1 saturated carbocycles. The highest BCUT2D eigenvalue weighted by atomic mass is 19.1. The lowest BCUT2D eigenvalue weighted by molar-refractivity contribution is 0.0927. The number of benzene rings is 1. The maximum atomic E-state index is 13.4. The summed E-state index contributed by atoms with van der Waals surface area (Å²) in [5, 5.41) is 6.80. The van der Waals surface area contributed by atoms with Crippen LogP contribution >= 0.6 is 0 Å². The Hall–Kier alpha value is -3.29. The van der Waals surface area contributed by atoms with E-state index in [1.807, 2.05) is 13.8 Å². The second-order valence-corrected chi connectivity index (χ2v) is 7.95. The first-order valence-electron chi connectivity index (χ1n) is 10.0. The van der Waals surface area contributed by atoms with Gasteiger partial charge in [0.25, 0.3) is 11.5 Å². The average Bonchev–Trinajstić information content (AvgIpc) is 3.44. The molecule has 1 fully saturated rings. The van der Waals surface area contributed by atoms with Crippen molar-refractivity contribution >= 4 is 5.91 Å². The molecule has 2 aromatic heterocycles. The van der Waals surface area contributed by atoms with E-state index in [1.54, 1.807) is 18.2 Å². The number of halogens is 1. The number of rotatable bonds is 7. The number of amides is 1. The van der Waals surface area contributed by atoms with E-state index in [2.05, 4.69) is 20.4 Å². The topological polar surface area (TPSA) is 101 Å². The smallest absolute Gasteiger partial charge is 0.273 e. The molecule has 0 spiro atoms. The number of H-pyrrole nitrogens is 1. The molecule has 30 heavy (non-hydrogen) atoms. The number of aromatic amines is 1. The number of aromatic nitrogens is 3. The molecule has 1 aromatic carbocycles. The molecule has 0 saturated heterocycles. The Morgan fingerprint density at radius 3 is 2.67 bits per heavy atom. The summed E-state index contributed by atoms with van der Waals surface area (Å²) in [7, 11) is 0. The first kappa shape index (κ1) is 20.0. The third kappa shape index (κ3) is 4.64. The van der Waals surface area contributed by atoms with Crippen molar-refractivity contribution in [3.8, 4) is 0 Å². The van der Waals surface area contributed by atoms with Gasteiger partial charge in [-0.2, -0.15) is 0 Å². The van der Waals surface area contributed by atoms with E-state index in [-0.39, 0.29) is 29.4 Å². The van der Waals surface area contributed by atoms with Gasteiger partial charge in [-0.1, -0.05) is 31.1 Å². The van der Waals surface area contributed by atoms with Gasteiger partial charge >= 0.3 is 0 Å². The van der Waals surface area contributed by atoms with Gasteiger partial charge in [0.15, 0.2) is 5.69 Å². The highest BCUT2D eigenvalue weighted by Gasteiger charge is 2.29. The molecule has 3 aromatic rings. The van der Waals surface area contributed by atoms with Crippen LogP contribution in [0.15, 0.2) is 45.7 Å². The SMILES string of the molecule is CC(C)c1nc(CC(NC(=O)c2cc(C3CC3)on2)c2ccc(F)cc2)cc(=O)[nH]1. The molecule has 1 atom stereocenters. The van der Waals surface area contributed by atoms with E-state index in [4.69, 9.17) is 4.52 Å². The molecule has 1 unspecified atom stereocenters. The number of hydrogen-bond donors (Lipinski definition) is 2. The molecular weight excluding hydrogens is 387 g/mol. The third-order valence-electron chi connectivity index (χ3n) is 5.09. The summed E-state index contributed by atoms with van der Waals surface area (Å²) in [6.45, 7) is 3.87. The van der Waals surface area contributed by atoms with Crippen LogP contribution < -0.4 is 10.9 Å². The Labute approximate surface area is 172 Å². The number of nitrogens with zero attached hydrogens (tertiary/aromatic N) is 2. The Kier molecular flexibility index (Phi) is 5.48. The molecule has 8 heteroatoms. The van der Waals surface area contributed by atoms with Crippen molar-refractivity contribution in [3.05, 3.63) is 81.1 Å². The normalized spacial score (nSPS) is 14.7. The van der Waals surface area contributed by atoms with Gasteiger partial charge in [-0.05, 0) is 30.5 Å². The van der Waals surface area contributed by atoms with Crippen molar-refractivity contribution in [1.82, 2.24) is 20.4 Å². The molecule has 1 aliphatic carbocycles. The Morgan fingerprint density at radius 2 is 2.00 bits per heavy atom. The van der Waals surface area contributed by atoms with Crippen LogP contribution in [0.25, 0.3) is 0 Å². The zero-order valence-electron chi connectivity index (χ0n) is 16.8. The Bertz CT molecular complexity index is 1100. The van der Waals surface area contributed by atoms with Crippen LogP contribution in [0, 0.1) is 5.82 Å². The largest absolute Gasteiger partial charge is 0.360 e. The predicted octanol–water partition coefficient (Wildman–Crippen LogP) is 3.61. The molecule has 1 amide bonds. The summed E-state index contributed by atoms with van der Waals surface area (Å²) in [5.41, 5.74) is 1.18. The summed E-state index contributed by atoms with van der Waals surface area (Å²) in [6, 6.07) is 8.44. The fraction of sp³-hybridized carbons (Fsp3) is 0.364. The van der Waals surface area contributed by atoms with Gasteiger partial charge in [-0.3, -0.25) is 9.59 Å². The van der Waals surface area contributed by atoms with E-state index in [0.29, 0.717) is 23.0 Å². The molecule has 4 rings (SSSR count). The minimum Gasteiger partial charge on any atom is -0.360 e. The van der Waals surface area contributed by atoms with E-state index >= 15 is 0 Å².